The van der Waals surface area contributed by atoms with Crippen molar-refractivity contribution in [1.29, 1.82) is 0 Å². The second-order valence-corrected chi connectivity index (χ2v) is 6.34. The molecule has 7 heteroatoms. The van der Waals surface area contributed by atoms with Crippen LogP contribution in [0.4, 0.5) is 10.5 Å². The summed E-state index contributed by atoms with van der Waals surface area (Å²) in [4.78, 5) is 25.8. The van der Waals surface area contributed by atoms with Crippen LogP contribution in [0.15, 0.2) is 27.1 Å². The Hall–Kier alpha value is -2.02. The van der Waals surface area contributed by atoms with E-state index < -0.39 is 5.91 Å². The van der Waals surface area contributed by atoms with Crippen LogP contribution in [-0.4, -0.2) is 29.4 Å². The van der Waals surface area contributed by atoms with Crippen molar-refractivity contribution in [3.63, 3.8) is 0 Å². The lowest BCUT2D eigenvalue weighted by molar-refractivity contribution is 0.0977. The molecule has 3 amide bonds. The van der Waals surface area contributed by atoms with Gasteiger partial charge in [-0.05, 0) is 38.0 Å². The van der Waals surface area contributed by atoms with Crippen molar-refractivity contribution >= 4 is 44.5 Å². The molecule has 1 saturated heterocycles. The fourth-order valence-electron chi connectivity index (χ4n) is 2.78. The predicted octanol–water partition coefficient (Wildman–Crippen LogP) is 3.31. The SMILES string of the molecule is C[C@@H]1CCCN1C(=O)Nc1c(C(N)=O)oc2ccc(Br)cc12. The van der Waals surface area contributed by atoms with Gasteiger partial charge in [0.2, 0.25) is 5.76 Å². The van der Waals surface area contributed by atoms with Crippen LogP contribution in [0.25, 0.3) is 11.0 Å². The third-order valence-corrected chi connectivity index (χ3v) is 4.41. The Balaban J connectivity index is 2.01. The van der Waals surface area contributed by atoms with Gasteiger partial charge in [0, 0.05) is 22.4 Å². The van der Waals surface area contributed by atoms with Gasteiger partial charge in [-0.3, -0.25) is 4.79 Å². The van der Waals surface area contributed by atoms with Gasteiger partial charge in [-0.25, -0.2) is 4.79 Å². The maximum atomic E-state index is 12.4. The van der Waals surface area contributed by atoms with Crippen LogP contribution >= 0.6 is 15.9 Å². The van der Waals surface area contributed by atoms with E-state index >= 15 is 0 Å². The molecule has 6 nitrogen and oxygen atoms in total. The van der Waals surface area contributed by atoms with Gasteiger partial charge < -0.3 is 20.4 Å². The van der Waals surface area contributed by atoms with E-state index in [2.05, 4.69) is 21.2 Å². The number of primary amides is 1. The molecule has 22 heavy (non-hydrogen) atoms. The number of rotatable bonds is 2. The average Bonchev–Trinajstić information content (AvgIpc) is 3.03. The number of furan rings is 1. The number of likely N-dealkylation sites (tertiary alicyclic amines) is 1. The van der Waals surface area contributed by atoms with Gasteiger partial charge >= 0.3 is 6.03 Å². The summed E-state index contributed by atoms with van der Waals surface area (Å²) in [5.74, 6) is -0.745. The molecule has 0 saturated carbocycles. The molecule has 1 aliphatic rings. The van der Waals surface area contributed by atoms with Crippen molar-refractivity contribution in [2.45, 2.75) is 25.8 Å². The van der Waals surface area contributed by atoms with Crippen LogP contribution in [0.5, 0.6) is 0 Å². The van der Waals surface area contributed by atoms with Crippen LogP contribution in [0, 0.1) is 0 Å². The highest BCUT2D eigenvalue weighted by molar-refractivity contribution is 9.10. The van der Waals surface area contributed by atoms with E-state index in [1.165, 1.54) is 0 Å². The molecule has 0 spiro atoms. The molecular weight excluding hydrogens is 350 g/mol. The van der Waals surface area contributed by atoms with Crippen molar-refractivity contribution < 1.29 is 14.0 Å². The summed E-state index contributed by atoms with van der Waals surface area (Å²) < 4.78 is 6.30. The summed E-state index contributed by atoms with van der Waals surface area (Å²) in [6, 6.07) is 5.25. The summed E-state index contributed by atoms with van der Waals surface area (Å²) in [6.07, 6.45) is 1.96. The summed E-state index contributed by atoms with van der Waals surface area (Å²) >= 11 is 3.37. The van der Waals surface area contributed by atoms with Gasteiger partial charge in [0.25, 0.3) is 5.91 Å². The van der Waals surface area contributed by atoms with Crippen molar-refractivity contribution in [1.82, 2.24) is 4.90 Å². The average molecular weight is 366 g/mol. The maximum absolute atomic E-state index is 12.4. The first-order valence-electron chi connectivity index (χ1n) is 7.07. The number of benzene rings is 1. The smallest absolute Gasteiger partial charge is 0.322 e. The molecule has 0 aliphatic carbocycles. The zero-order valence-electron chi connectivity index (χ0n) is 12.1. The van der Waals surface area contributed by atoms with E-state index in [1.54, 1.807) is 23.1 Å². The first kappa shape index (κ1) is 14.9. The first-order chi connectivity index (χ1) is 10.5. The van der Waals surface area contributed by atoms with Crippen molar-refractivity contribution in [2.75, 3.05) is 11.9 Å². The van der Waals surface area contributed by atoms with Gasteiger partial charge in [0.05, 0.1) is 0 Å². The molecule has 0 radical (unpaired) electrons. The number of hydrogen-bond acceptors (Lipinski definition) is 3. The van der Waals surface area contributed by atoms with E-state index in [1.807, 2.05) is 6.92 Å². The number of nitrogens with one attached hydrogen (secondary N) is 1. The molecule has 2 aromatic rings. The number of anilines is 1. The zero-order valence-corrected chi connectivity index (χ0v) is 13.6. The zero-order chi connectivity index (χ0) is 15.9. The normalized spacial score (nSPS) is 17.9. The fourth-order valence-corrected chi connectivity index (χ4v) is 3.14. The summed E-state index contributed by atoms with van der Waals surface area (Å²) in [6.45, 7) is 2.71. The van der Waals surface area contributed by atoms with Crippen LogP contribution in [-0.2, 0) is 0 Å². The Kier molecular flexibility index (Phi) is 3.82. The quantitative estimate of drug-likeness (QED) is 0.855. The van der Waals surface area contributed by atoms with E-state index in [0.717, 1.165) is 17.3 Å². The topological polar surface area (TPSA) is 88.6 Å². The first-order valence-corrected chi connectivity index (χ1v) is 7.86. The van der Waals surface area contributed by atoms with Crippen molar-refractivity contribution in [2.24, 2.45) is 5.73 Å². The van der Waals surface area contributed by atoms with Crippen molar-refractivity contribution in [3.05, 3.63) is 28.4 Å². The number of nitrogens with zero attached hydrogens (tertiary/aromatic N) is 1. The number of carbonyl (C=O) groups excluding carboxylic acids is 2. The summed E-state index contributed by atoms with van der Waals surface area (Å²) in [5.41, 5.74) is 6.19. The molecule has 2 heterocycles. The lowest BCUT2D eigenvalue weighted by Crippen LogP contribution is -2.37. The van der Waals surface area contributed by atoms with E-state index in [9.17, 15) is 9.59 Å². The van der Waals surface area contributed by atoms with Gasteiger partial charge in [-0.15, -0.1) is 0 Å². The summed E-state index contributed by atoms with van der Waals surface area (Å²) in [5, 5.41) is 3.43. The fraction of sp³-hybridized carbons (Fsp3) is 0.333. The minimum absolute atomic E-state index is 0.0340. The molecule has 0 unspecified atom stereocenters. The number of carbonyl (C=O) groups is 2. The third-order valence-electron chi connectivity index (χ3n) is 3.92. The molecule has 1 aromatic heterocycles. The monoisotopic (exact) mass is 365 g/mol. The van der Waals surface area contributed by atoms with E-state index in [-0.39, 0.29) is 17.8 Å². The number of hydrogen-bond donors (Lipinski definition) is 2. The largest absolute Gasteiger partial charge is 0.449 e. The highest BCUT2D eigenvalue weighted by Gasteiger charge is 2.28. The predicted molar refractivity (Wildman–Crippen MR) is 86.9 cm³/mol. The number of fused-ring (bicyclic) bond motifs is 1. The molecule has 116 valence electrons. The third kappa shape index (κ3) is 2.56. The number of halogens is 1. The Morgan fingerprint density at radius 3 is 2.86 bits per heavy atom. The molecule has 1 aliphatic heterocycles. The Morgan fingerprint density at radius 2 is 2.23 bits per heavy atom. The molecular formula is C15H16BrN3O3. The highest BCUT2D eigenvalue weighted by atomic mass is 79.9. The van der Waals surface area contributed by atoms with E-state index in [4.69, 9.17) is 10.2 Å². The number of nitrogens with two attached hydrogens (primary N) is 1. The molecule has 3 N–H and O–H groups in total. The second kappa shape index (κ2) is 5.64. The summed E-state index contributed by atoms with van der Waals surface area (Å²) in [7, 11) is 0. The Labute approximate surface area is 135 Å². The molecule has 0 bridgehead atoms. The van der Waals surface area contributed by atoms with E-state index in [0.29, 0.717) is 23.2 Å². The van der Waals surface area contributed by atoms with Gasteiger partial charge in [0.15, 0.2) is 0 Å². The van der Waals surface area contributed by atoms with Crippen LogP contribution in [0.3, 0.4) is 0 Å². The maximum Gasteiger partial charge on any atom is 0.322 e. The highest BCUT2D eigenvalue weighted by Crippen LogP contribution is 2.33. The van der Waals surface area contributed by atoms with Crippen LogP contribution in [0.2, 0.25) is 0 Å². The molecule has 3 rings (SSSR count). The molecule has 1 aromatic carbocycles. The minimum atomic E-state index is -0.711. The number of urea groups is 1. The lowest BCUT2D eigenvalue weighted by Gasteiger charge is -2.21. The second-order valence-electron chi connectivity index (χ2n) is 5.43. The minimum Gasteiger partial charge on any atom is -0.449 e. The molecule has 1 atom stereocenters. The standard InChI is InChI=1S/C15H16BrN3O3/c1-8-3-2-6-19(8)15(21)18-12-10-7-9(16)4-5-11(10)22-13(12)14(17)20/h4-5,7-8H,2-3,6H2,1H3,(H2,17,20)(H,18,21)/t8-/m1/s1. The molecule has 1 fully saturated rings. The Morgan fingerprint density at radius 1 is 1.45 bits per heavy atom. The van der Waals surface area contributed by atoms with Crippen LogP contribution in [0.1, 0.15) is 30.3 Å². The van der Waals surface area contributed by atoms with Gasteiger partial charge in [0.1, 0.15) is 11.3 Å². The number of amides is 3. The van der Waals surface area contributed by atoms with Crippen molar-refractivity contribution in [3.8, 4) is 0 Å². The lowest BCUT2D eigenvalue weighted by atomic mass is 10.2. The Bertz CT molecular complexity index is 756. The van der Waals surface area contributed by atoms with Crippen LogP contribution < -0.4 is 11.1 Å². The van der Waals surface area contributed by atoms with Gasteiger partial charge in [-0.2, -0.15) is 0 Å². The van der Waals surface area contributed by atoms with Gasteiger partial charge in [-0.1, -0.05) is 15.9 Å².